The smallest absolute Gasteiger partial charge is 0.311 e. The minimum atomic E-state index is -0.869. The molecule has 0 spiro atoms. The number of carboxylic acid groups (broad SMARTS) is 1. The highest BCUT2D eigenvalue weighted by Crippen LogP contribution is 2.34. The van der Waals surface area contributed by atoms with Crippen molar-refractivity contribution in [2.24, 2.45) is 5.41 Å². The summed E-state index contributed by atoms with van der Waals surface area (Å²) in [6.07, 6.45) is 5.39. The number of aryl methyl sites for hydroxylation is 1. The fourth-order valence-corrected chi connectivity index (χ4v) is 3.44. The third-order valence-electron chi connectivity index (χ3n) is 4.93. The molecule has 1 atom stereocenters. The van der Waals surface area contributed by atoms with Gasteiger partial charge < -0.3 is 14.7 Å². The molecule has 0 aromatic heterocycles. The van der Waals surface area contributed by atoms with Crippen molar-refractivity contribution >= 4 is 11.9 Å². The van der Waals surface area contributed by atoms with E-state index in [1.54, 1.807) is 18.1 Å². The van der Waals surface area contributed by atoms with E-state index in [1.807, 2.05) is 24.3 Å². The maximum absolute atomic E-state index is 12.5. The zero-order chi connectivity index (χ0) is 18.3. The first-order chi connectivity index (χ1) is 12.0. The summed E-state index contributed by atoms with van der Waals surface area (Å²) in [5, 5.41) is 9.59. The van der Waals surface area contributed by atoms with E-state index in [0.717, 1.165) is 25.0 Å². The maximum Gasteiger partial charge on any atom is 0.311 e. The van der Waals surface area contributed by atoms with Crippen LogP contribution in [0, 0.1) is 5.41 Å². The second-order valence-electron chi connectivity index (χ2n) is 6.70. The number of carboxylic acids is 1. The summed E-state index contributed by atoms with van der Waals surface area (Å²) in [6.45, 7) is 4.61. The quantitative estimate of drug-likeness (QED) is 0.734. The molecule has 0 aliphatic carbocycles. The van der Waals surface area contributed by atoms with Crippen LogP contribution in [0.4, 0.5) is 0 Å². The molecule has 1 aromatic carbocycles. The molecule has 2 rings (SSSR count). The van der Waals surface area contributed by atoms with Gasteiger partial charge in [0.05, 0.1) is 12.5 Å². The monoisotopic (exact) mass is 345 g/mol. The van der Waals surface area contributed by atoms with Gasteiger partial charge in [-0.3, -0.25) is 9.59 Å². The van der Waals surface area contributed by atoms with Crippen LogP contribution in [0.3, 0.4) is 0 Å². The van der Waals surface area contributed by atoms with Crippen LogP contribution in [-0.4, -0.2) is 42.1 Å². The number of carbonyl (C=O) groups excluding carboxylic acids is 1. The Hall–Kier alpha value is -2.30. The third-order valence-corrected chi connectivity index (χ3v) is 4.93. The SMILES string of the molecule is C=CC[C@@]1(C(=O)O)CCCN(C(=O)CCCc2ccc(OC)cc2)C1. The molecule has 136 valence electrons. The molecule has 1 amide bonds. The van der Waals surface area contributed by atoms with Gasteiger partial charge in [-0.25, -0.2) is 0 Å². The average molecular weight is 345 g/mol. The predicted molar refractivity (Wildman–Crippen MR) is 96.6 cm³/mol. The number of methoxy groups -OCH3 is 1. The first kappa shape index (κ1) is 19.0. The number of amides is 1. The van der Waals surface area contributed by atoms with E-state index in [2.05, 4.69) is 6.58 Å². The van der Waals surface area contributed by atoms with E-state index in [9.17, 15) is 14.7 Å². The van der Waals surface area contributed by atoms with Gasteiger partial charge in [0.2, 0.25) is 5.91 Å². The number of nitrogens with zero attached hydrogens (tertiary/aromatic N) is 1. The fourth-order valence-electron chi connectivity index (χ4n) is 3.44. The highest BCUT2D eigenvalue weighted by Gasteiger charge is 2.42. The molecule has 1 aromatic rings. The molecule has 1 aliphatic heterocycles. The molecular formula is C20H27NO4. The number of piperidine rings is 1. The second-order valence-corrected chi connectivity index (χ2v) is 6.70. The van der Waals surface area contributed by atoms with Crippen LogP contribution >= 0.6 is 0 Å². The first-order valence-electron chi connectivity index (χ1n) is 8.76. The van der Waals surface area contributed by atoms with Crippen molar-refractivity contribution in [3.05, 3.63) is 42.5 Å². The van der Waals surface area contributed by atoms with Gasteiger partial charge in [-0.05, 0) is 49.8 Å². The summed E-state index contributed by atoms with van der Waals surface area (Å²) in [6, 6.07) is 7.84. The van der Waals surface area contributed by atoms with E-state index in [4.69, 9.17) is 4.74 Å². The van der Waals surface area contributed by atoms with Crippen LogP contribution in [0.1, 0.15) is 37.7 Å². The van der Waals surface area contributed by atoms with Crippen LogP contribution in [0.15, 0.2) is 36.9 Å². The number of ether oxygens (including phenoxy) is 1. The van der Waals surface area contributed by atoms with Gasteiger partial charge in [0.25, 0.3) is 0 Å². The molecule has 25 heavy (non-hydrogen) atoms. The Morgan fingerprint density at radius 1 is 1.36 bits per heavy atom. The van der Waals surface area contributed by atoms with E-state index in [1.165, 1.54) is 5.56 Å². The third kappa shape index (κ3) is 4.84. The lowest BCUT2D eigenvalue weighted by Gasteiger charge is -2.39. The number of benzene rings is 1. The van der Waals surface area contributed by atoms with Gasteiger partial charge in [0, 0.05) is 19.5 Å². The van der Waals surface area contributed by atoms with Gasteiger partial charge in [-0.1, -0.05) is 18.2 Å². The van der Waals surface area contributed by atoms with E-state index in [0.29, 0.717) is 25.8 Å². The number of hydrogen-bond acceptors (Lipinski definition) is 3. The summed E-state index contributed by atoms with van der Waals surface area (Å²) >= 11 is 0. The van der Waals surface area contributed by atoms with Crippen molar-refractivity contribution < 1.29 is 19.4 Å². The average Bonchev–Trinajstić information content (AvgIpc) is 2.62. The molecule has 1 saturated heterocycles. The molecule has 1 fully saturated rings. The van der Waals surface area contributed by atoms with Crippen molar-refractivity contribution in [1.29, 1.82) is 0 Å². The summed E-state index contributed by atoms with van der Waals surface area (Å²) in [4.78, 5) is 25.9. The Bertz CT molecular complexity index is 611. The molecule has 0 saturated carbocycles. The largest absolute Gasteiger partial charge is 0.497 e. The highest BCUT2D eigenvalue weighted by molar-refractivity contribution is 5.80. The lowest BCUT2D eigenvalue weighted by molar-refractivity contribution is -0.154. The van der Waals surface area contributed by atoms with Crippen molar-refractivity contribution in [2.45, 2.75) is 38.5 Å². The van der Waals surface area contributed by atoms with Gasteiger partial charge in [0.1, 0.15) is 5.75 Å². The number of allylic oxidation sites excluding steroid dienone is 1. The Morgan fingerprint density at radius 3 is 2.68 bits per heavy atom. The van der Waals surface area contributed by atoms with Gasteiger partial charge in [0.15, 0.2) is 0 Å². The molecule has 0 radical (unpaired) electrons. The fraction of sp³-hybridized carbons (Fsp3) is 0.500. The Kier molecular flexibility index (Phi) is 6.62. The Morgan fingerprint density at radius 2 is 2.08 bits per heavy atom. The molecule has 0 unspecified atom stereocenters. The minimum Gasteiger partial charge on any atom is -0.497 e. The normalized spacial score (nSPS) is 20.1. The van der Waals surface area contributed by atoms with Crippen molar-refractivity contribution in [1.82, 2.24) is 4.90 Å². The number of aliphatic carboxylic acids is 1. The number of rotatable bonds is 8. The summed E-state index contributed by atoms with van der Waals surface area (Å²) in [7, 11) is 1.63. The molecule has 1 aliphatic rings. The summed E-state index contributed by atoms with van der Waals surface area (Å²) < 4.78 is 5.13. The van der Waals surface area contributed by atoms with Crippen molar-refractivity contribution in [2.75, 3.05) is 20.2 Å². The van der Waals surface area contributed by atoms with Crippen LogP contribution in [0.2, 0.25) is 0 Å². The first-order valence-corrected chi connectivity index (χ1v) is 8.76. The molecule has 0 bridgehead atoms. The summed E-state index contributed by atoms with van der Waals surface area (Å²) in [5.74, 6) is 0.0337. The lowest BCUT2D eigenvalue weighted by Crippen LogP contribution is -2.49. The Balaban J connectivity index is 1.87. The van der Waals surface area contributed by atoms with Gasteiger partial charge >= 0.3 is 5.97 Å². The van der Waals surface area contributed by atoms with Crippen molar-refractivity contribution in [3.63, 3.8) is 0 Å². The zero-order valence-electron chi connectivity index (χ0n) is 14.9. The molecule has 5 nitrogen and oxygen atoms in total. The second kappa shape index (κ2) is 8.70. The zero-order valence-corrected chi connectivity index (χ0v) is 14.9. The predicted octanol–water partition coefficient (Wildman–Crippen LogP) is 3.29. The van der Waals surface area contributed by atoms with E-state index >= 15 is 0 Å². The van der Waals surface area contributed by atoms with Crippen LogP contribution < -0.4 is 4.74 Å². The van der Waals surface area contributed by atoms with E-state index in [-0.39, 0.29) is 12.5 Å². The number of hydrogen-bond donors (Lipinski definition) is 1. The maximum atomic E-state index is 12.5. The van der Waals surface area contributed by atoms with Crippen LogP contribution in [0.5, 0.6) is 5.75 Å². The minimum absolute atomic E-state index is 0.0444. The molecule has 5 heteroatoms. The molecule has 1 N–H and O–H groups in total. The molecule has 1 heterocycles. The van der Waals surface area contributed by atoms with Gasteiger partial charge in [-0.15, -0.1) is 6.58 Å². The number of carbonyl (C=O) groups is 2. The summed E-state index contributed by atoms with van der Waals surface area (Å²) in [5.41, 5.74) is 0.296. The molecular weight excluding hydrogens is 318 g/mol. The highest BCUT2D eigenvalue weighted by atomic mass is 16.5. The van der Waals surface area contributed by atoms with Gasteiger partial charge in [-0.2, -0.15) is 0 Å². The van der Waals surface area contributed by atoms with Crippen molar-refractivity contribution in [3.8, 4) is 5.75 Å². The topological polar surface area (TPSA) is 66.8 Å². The van der Waals surface area contributed by atoms with Crippen LogP contribution in [0.25, 0.3) is 0 Å². The van der Waals surface area contributed by atoms with E-state index < -0.39 is 11.4 Å². The lowest BCUT2D eigenvalue weighted by atomic mass is 9.77. The number of likely N-dealkylation sites (tertiary alicyclic amines) is 1. The van der Waals surface area contributed by atoms with Crippen LogP contribution in [-0.2, 0) is 16.0 Å². The standard InChI is InChI=1S/C20H27NO4/c1-3-12-20(19(23)24)13-5-14-21(15-20)18(22)7-4-6-16-8-10-17(25-2)11-9-16/h3,8-11H,1,4-7,12-15H2,2H3,(H,23,24)/t20-/m1/s1. The Labute approximate surface area is 149 Å².